The maximum absolute atomic E-state index is 16.2. The number of rotatable bonds is 5. The van der Waals surface area contributed by atoms with Crippen molar-refractivity contribution < 1.29 is 23.8 Å². The molecule has 2 fully saturated rings. The molecule has 8 heteroatoms. The second kappa shape index (κ2) is 10.0. The lowest BCUT2D eigenvalue weighted by molar-refractivity contribution is -0.128. The van der Waals surface area contributed by atoms with Gasteiger partial charge in [0.2, 0.25) is 5.91 Å². The molecule has 40 heavy (non-hydrogen) atoms. The molecule has 2 aliphatic rings. The fourth-order valence-electron chi connectivity index (χ4n) is 6.25. The van der Waals surface area contributed by atoms with Crippen LogP contribution in [0.5, 0.6) is 0 Å². The van der Waals surface area contributed by atoms with Crippen molar-refractivity contribution in [2.45, 2.75) is 70.6 Å². The normalized spacial score (nSPS) is 23.9. The van der Waals surface area contributed by atoms with Crippen molar-refractivity contribution in [1.82, 2.24) is 15.2 Å². The first-order valence-corrected chi connectivity index (χ1v) is 13.7. The molecule has 3 aromatic rings. The number of piperidine rings is 2. The molecule has 3 heterocycles. The Balaban J connectivity index is 1.40. The first-order valence-electron chi connectivity index (χ1n) is 13.7. The van der Waals surface area contributed by atoms with Crippen LogP contribution in [-0.4, -0.2) is 39.1 Å². The van der Waals surface area contributed by atoms with Gasteiger partial charge in [-0.15, -0.1) is 0 Å². The zero-order valence-electron chi connectivity index (χ0n) is 23.5. The van der Waals surface area contributed by atoms with Crippen molar-refractivity contribution in [3.05, 3.63) is 88.8 Å². The number of carbonyl (C=O) groups excluding carboxylic acids is 1. The summed E-state index contributed by atoms with van der Waals surface area (Å²) in [4.78, 5) is 19.1. The molecule has 2 saturated heterocycles. The van der Waals surface area contributed by atoms with Gasteiger partial charge in [-0.25, -0.2) is 8.78 Å². The Morgan fingerprint density at radius 2 is 1.95 bits per heavy atom. The summed E-state index contributed by atoms with van der Waals surface area (Å²) in [7, 11) is 0. The molecule has 0 saturated carbocycles. The van der Waals surface area contributed by atoms with Crippen LogP contribution in [0.3, 0.4) is 0 Å². The molecular weight excluding hydrogens is 512 g/mol. The van der Waals surface area contributed by atoms with E-state index in [9.17, 15) is 19.4 Å². The van der Waals surface area contributed by atoms with Crippen LogP contribution in [0, 0.1) is 17.0 Å². The fraction of sp³-hybridized carbons (Fsp3) is 0.438. The SMILES string of the molecule is C=C1CCC(c2cnc3ccc([C@]4(O)CCN(Cc5ccc(C(C)(C)O)c(F)c5)CC4(C)C)c(F)c3c2)C(=O)N1. The maximum Gasteiger partial charge on any atom is 0.231 e. The van der Waals surface area contributed by atoms with E-state index < -0.39 is 34.2 Å². The second-order valence-corrected chi connectivity index (χ2v) is 12.5. The van der Waals surface area contributed by atoms with Crippen LogP contribution in [0.25, 0.3) is 10.9 Å². The monoisotopic (exact) mass is 549 g/mol. The third-order valence-electron chi connectivity index (χ3n) is 8.65. The number of hydrogen-bond acceptors (Lipinski definition) is 5. The van der Waals surface area contributed by atoms with Gasteiger partial charge in [0.1, 0.15) is 11.6 Å². The van der Waals surface area contributed by atoms with Crippen LogP contribution in [0.4, 0.5) is 8.78 Å². The third-order valence-corrected chi connectivity index (χ3v) is 8.65. The van der Waals surface area contributed by atoms with E-state index in [2.05, 4.69) is 21.8 Å². The lowest BCUT2D eigenvalue weighted by atomic mass is 9.66. The van der Waals surface area contributed by atoms with Crippen molar-refractivity contribution in [1.29, 1.82) is 0 Å². The molecule has 0 aliphatic carbocycles. The predicted molar refractivity (Wildman–Crippen MR) is 150 cm³/mol. The molecule has 6 nitrogen and oxygen atoms in total. The summed E-state index contributed by atoms with van der Waals surface area (Å²) in [5, 5.41) is 25.2. The van der Waals surface area contributed by atoms with Gasteiger partial charge >= 0.3 is 0 Å². The van der Waals surface area contributed by atoms with E-state index in [1.165, 1.54) is 6.07 Å². The number of aliphatic hydroxyl groups is 2. The Morgan fingerprint density at radius 1 is 1.20 bits per heavy atom. The van der Waals surface area contributed by atoms with Gasteiger partial charge < -0.3 is 15.5 Å². The first kappa shape index (κ1) is 28.3. The number of amides is 1. The summed E-state index contributed by atoms with van der Waals surface area (Å²) in [6.07, 6.45) is 3.13. The van der Waals surface area contributed by atoms with E-state index in [1.807, 2.05) is 13.8 Å². The number of carbonyl (C=O) groups is 1. The summed E-state index contributed by atoms with van der Waals surface area (Å²) in [6, 6.07) is 9.86. The summed E-state index contributed by atoms with van der Waals surface area (Å²) < 4.78 is 30.8. The minimum absolute atomic E-state index is 0.171. The molecular formula is C32H37F2N3O3. The summed E-state index contributed by atoms with van der Waals surface area (Å²) in [5.41, 5.74) is -0.473. The number of allylic oxidation sites excluding steroid dienone is 1. The lowest BCUT2D eigenvalue weighted by Gasteiger charge is -2.50. The average Bonchev–Trinajstić information content (AvgIpc) is 2.85. The molecule has 3 N–H and O–H groups in total. The number of likely N-dealkylation sites (tertiary alicyclic amines) is 1. The highest BCUT2D eigenvalue weighted by molar-refractivity contribution is 5.88. The van der Waals surface area contributed by atoms with Gasteiger partial charge in [0.05, 0.1) is 22.6 Å². The van der Waals surface area contributed by atoms with Crippen LogP contribution in [0.1, 0.15) is 75.1 Å². The van der Waals surface area contributed by atoms with E-state index in [-0.39, 0.29) is 28.8 Å². The van der Waals surface area contributed by atoms with Crippen molar-refractivity contribution in [3.63, 3.8) is 0 Å². The molecule has 2 aromatic carbocycles. The van der Waals surface area contributed by atoms with Gasteiger partial charge in [0.15, 0.2) is 0 Å². The Bertz CT molecular complexity index is 1500. The van der Waals surface area contributed by atoms with Crippen LogP contribution in [0.15, 0.2) is 54.9 Å². The van der Waals surface area contributed by atoms with Crippen molar-refractivity contribution in [2.24, 2.45) is 5.41 Å². The van der Waals surface area contributed by atoms with Gasteiger partial charge in [0, 0.05) is 53.5 Å². The molecule has 0 spiro atoms. The Morgan fingerprint density at radius 3 is 2.60 bits per heavy atom. The van der Waals surface area contributed by atoms with Crippen molar-refractivity contribution in [2.75, 3.05) is 13.1 Å². The van der Waals surface area contributed by atoms with E-state index in [0.717, 1.165) is 5.56 Å². The van der Waals surface area contributed by atoms with Gasteiger partial charge in [-0.3, -0.25) is 14.7 Å². The van der Waals surface area contributed by atoms with E-state index in [4.69, 9.17) is 0 Å². The molecule has 1 aromatic heterocycles. The van der Waals surface area contributed by atoms with Crippen LogP contribution >= 0.6 is 0 Å². The Labute approximate surface area is 233 Å². The summed E-state index contributed by atoms with van der Waals surface area (Å²) in [6.45, 7) is 12.1. The third kappa shape index (κ3) is 5.04. The molecule has 212 valence electrons. The number of halogens is 2. The van der Waals surface area contributed by atoms with Crippen molar-refractivity contribution >= 4 is 16.8 Å². The number of aromatic nitrogens is 1. The molecule has 5 rings (SSSR count). The maximum atomic E-state index is 16.2. The largest absolute Gasteiger partial charge is 0.386 e. The molecule has 2 atom stereocenters. The number of pyridine rings is 1. The standard InChI is InChI=1S/C32H37F2N3O3/c1-19-6-8-22(29(38)36-19)21-15-23-27(35-16-21)11-10-25(28(23)34)32(40)12-13-37(18-30(32,2)3)17-20-7-9-24(26(33)14-20)31(4,5)39/h7,9-11,14-16,22,39-40H,1,6,8,12-13,17-18H2,2-5H3,(H,36,38)/t22?,32-/m1/s1. The van der Waals surface area contributed by atoms with E-state index in [0.29, 0.717) is 49.3 Å². The van der Waals surface area contributed by atoms with Gasteiger partial charge in [-0.1, -0.05) is 38.6 Å². The van der Waals surface area contributed by atoms with Crippen molar-refractivity contribution in [3.8, 4) is 0 Å². The highest BCUT2D eigenvalue weighted by Crippen LogP contribution is 2.48. The highest BCUT2D eigenvalue weighted by atomic mass is 19.1. The minimum atomic E-state index is -1.45. The molecule has 0 bridgehead atoms. The molecule has 1 unspecified atom stereocenters. The van der Waals surface area contributed by atoms with E-state index in [1.54, 1.807) is 50.4 Å². The van der Waals surface area contributed by atoms with Gasteiger partial charge in [0.25, 0.3) is 0 Å². The summed E-state index contributed by atoms with van der Waals surface area (Å²) >= 11 is 0. The quantitative estimate of drug-likeness (QED) is 0.399. The topological polar surface area (TPSA) is 85.7 Å². The number of nitrogens with one attached hydrogen (secondary N) is 1. The number of benzene rings is 2. The first-order chi connectivity index (χ1) is 18.7. The van der Waals surface area contributed by atoms with Gasteiger partial charge in [-0.05, 0) is 62.4 Å². The molecule has 2 aliphatic heterocycles. The van der Waals surface area contributed by atoms with Crippen LogP contribution in [0.2, 0.25) is 0 Å². The zero-order chi connectivity index (χ0) is 29.0. The molecule has 1 amide bonds. The molecule has 0 radical (unpaired) electrons. The van der Waals surface area contributed by atoms with Crippen LogP contribution in [-0.2, 0) is 22.5 Å². The van der Waals surface area contributed by atoms with E-state index >= 15 is 4.39 Å². The smallest absolute Gasteiger partial charge is 0.231 e. The Hall–Kier alpha value is -3.20. The highest BCUT2D eigenvalue weighted by Gasteiger charge is 2.50. The zero-order valence-corrected chi connectivity index (χ0v) is 23.5. The second-order valence-electron chi connectivity index (χ2n) is 12.5. The lowest BCUT2D eigenvalue weighted by Crippen LogP contribution is -2.55. The number of hydrogen-bond donors (Lipinski definition) is 3. The van der Waals surface area contributed by atoms with Crippen LogP contribution < -0.4 is 5.32 Å². The predicted octanol–water partition coefficient (Wildman–Crippen LogP) is 5.37. The summed E-state index contributed by atoms with van der Waals surface area (Å²) in [5.74, 6) is -1.59. The number of nitrogens with zero attached hydrogens (tertiary/aromatic N) is 2. The minimum Gasteiger partial charge on any atom is -0.386 e. The average molecular weight is 550 g/mol. The number of fused-ring (bicyclic) bond motifs is 1. The van der Waals surface area contributed by atoms with Gasteiger partial charge in [-0.2, -0.15) is 0 Å². The fourth-order valence-corrected chi connectivity index (χ4v) is 6.25. The Kier molecular flexibility index (Phi) is 7.09.